The molecule has 0 saturated heterocycles. The highest BCUT2D eigenvalue weighted by Gasteiger charge is 2.15. The summed E-state index contributed by atoms with van der Waals surface area (Å²) in [5, 5.41) is 2.66. The van der Waals surface area contributed by atoms with E-state index >= 15 is 0 Å². The van der Waals surface area contributed by atoms with E-state index in [1.165, 1.54) is 0 Å². The van der Waals surface area contributed by atoms with Gasteiger partial charge in [0, 0.05) is 35.6 Å². The van der Waals surface area contributed by atoms with Crippen LogP contribution in [0.3, 0.4) is 0 Å². The summed E-state index contributed by atoms with van der Waals surface area (Å²) in [6.45, 7) is 2.00. The van der Waals surface area contributed by atoms with Crippen LogP contribution in [-0.2, 0) is 14.1 Å². The summed E-state index contributed by atoms with van der Waals surface area (Å²) < 4.78 is 4.01. The number of para-hydroxylation sites is 2. The van der Waals surface area contributed by atoms with Crippen molar-refractivity contribution >= 4 is 43.6 Å². The van der Waals surface area contributed by atoms with Gasteiger partial charge in [-0.3, -0.25) is 9.59 Å². The molecule has 0 radical (unpaired) electrons. The van der Waals surface area contributed by atoms with Crippen molar-refractivity contribution < 1.29 is 0 Å². The molecule has 132 valence electrons. The van der Waals surface area contributed by atoms with E-state index in [-0.39, 0.29) is 10.9 Å². The van der Waals surface area contributed by atoms with Gasteiger partial charge in [0.05, 0.1) is 22.1 Å². The largest absolute Gasteiger partial charge is 0.343 e. The monoisotopic (exact) mass is 354 g/mol. The van der Waals surface area contributed by atoms with Gasteiger partial charge in [0.1, 0.15) is 0 Å². The Bertz CT molecular complexity index is 1540. The SMILES string of the molecule is Cc1cccc2c(=O)c3cc4c(cc3n(C)c12)c(=O)c1ccccc1n4C. The van der Waals surface area contributed by atoms with Crippen LogP contribution in [0.25, 0.3) is 43.6 Å². The lowest BCUT2D eigenvalue weighted by molar-refractivity contribution is 0.990. The van der Waals surface area contributed by atoms with Gasteiger partial charge >= 0.3 is 0 Å². The molecular formula is C23H18N2O2. The molecule has 0 atom stereocenters. The van der Waals surface area contributed by atoms with E-state index in [2.05, 4.69) is 0 Å². The number of fused-ring (bicyclic) bond motifs is 4. The Balaban J connectivity index is 2.12. The summed E-state index contributed by atoms with van der Waals surface area (Å²) >= 11 is 0. The molecule has 0 bridgehead atoms. The highest BCUT2D eigenvalue weighted by molar-refractivity contribution is 6.04. The summed E-state index contributed by atoms with van der Waals surface area (Å²) in [5.74, 6) is 0. The molecule has 0 spiro atoms. The van der Waals surface area contributed by atoms with E-state index in [4.69, 9.17) is 0 Å². The zero-order valence-corrected chi connectivity index (χ0v) is 15.4. The normalized spacial score (nSPS) is 11.8. The Labute approximate surface area is 154 Å². The molecule has 4 nitrogen and oxygen atoms in total. The Morgan fingerprint density at radius 2 is 1.22 bits per heavy atom. The van der Waals surface area contributed by atoms with Crippen LogP contribution in [0.5, 0.6) is 0 Å². The van der Waals surface area contributed by atoms with Crippen molar-refractivity contribution in [3.05, 3.63) is 80.6 Å². The fraction of sp³-hybridized carbons (Fsp3) is 0.130. The van der Waals surface area contributed by atoms with Crippen molar-refractivity contribution in [3.8, 4) is 0 Å². The third kappa shape index (κ3) is 1.98. The van der Waals surface area contributed by atoms with Gasteiger partial charge in [-0.1, -0.05) is 24.3 Å². The molecule has 2 heterocycles. The third-order valence-corrected chi connectivity index (χ3v) is 5.65. The second kappa shape index (κ2) is 5.30. The predicted octanol–water partition coefficient (Wildman–Crippen LogP) is 4.01. The summed E-state index contributed by atoms with van der Waals surface area (Å²) in [6, 6.07) is 17.1. The van der Waals surface area contributed by atoms with Crippen LogP contribution in [0.2, 0.25) is 0 Å². The Morgan fingerprint density at radius 1 is 0.630 bits per heavy atom. The minimum absolute atomic E-state index is 0.00192. The van der Waals surface area contributed by atoms with Crippen LogP contribution in [-0.4, -0.2) is 9.13 Å². The topological polar surface area (TPSA) is 44.0 Å². The number of hydrogen-bond donors (Lipinski definition) is 0. The fourth-order valence-corrected chi connectivity index (χ4v) is 4.28. The maximum atomic E-state index is 13.2. The lowest BCUT2D eigenvalue weighted by atomic mass is 10.0. The Morgan fingerprint density at radius 3 is 1.96 bits per heavy atom. The molecule has 5 rings (SSSR count). The quantitative estimate of drug-likeness (QED) is 0.395. The lowest BCUT2D eigenvalue weighted by Gasteiger charge is -2.15. The standard InChI is InChI=1S/C23H18N2O2/c1-13-7-6-9-15-21(13)25(3)20-12-16-19(11-17(20)23(15)27)24(2)18-10-5-4-8-14(18)22(16)26/h4-12H,1-3H3. The molecule has 0 fully saturated rings. The number of pyridine rings is 2. The van der Waals surface area contributed by atoms with Crippen molar-refractivity contribution in [1.82, 2.24) is 9.13 Å². The third-order valence-electron chi connectivity index (χ3n) is 5.65. The van der Waals surface area contributed by atoms with Crippen molar-refractivity contribution in [1.29, 1.82) is 0 Å². The number of aromatic nitrogens is 2. The van der Waals surface area contributed by atoms with Gasteiger partial charge in [0.25, 0.3) is 0 Å². The minimum Gasteiger partial charge on any atom is -0.343 e. The summed E-state index contributed by atoms with van der Waals surface area (Å²) in [7, 11) is 3.89. The Hall–Kier alpha value is -3.40. The highest BCUT2D eigenvalue weighted by atomic mass is 16.1. The number of aryl methyl sites for hydroxylation is 3. The molecule has 0 amide bonds. The van der Waals surface area contributed by atoms with Gasteiger partial charge in [-0.25, -0.2) is 0 Å². The second-order valence-corrected chi connectivity index (χ2v) is 7.15. The molecule has 27 heavy (non-hydrogen) atoms. The molecule has 4 heteroatoms. The van der Waals surface area contributed by atoms with Crippen LogP contribution < -0.4 is 10.9 Å². The minimum atomic E-state index is -0.00192. The molecule has 2 aromatic heterocycles. The zero-order valence-electron chi connectivity index (χ0n) is 15.4. The summed E-state index contributed by atoms with van der Waals surface area (Å²) in [4.78, 5) is 26.3. The molecule has 0 unspecified atom stereocenters. The molecule has 3 aromatic carbocycles. The van der Waals surface area contributed by atoms with E-state index in [9.17, 15) is 9.59 Å². The van der Waals surface area contributed by atoms with Crippen molar-refractivity contribution in [2.75, 3.05) is 0 Å². The number of rotatable bonds is 0. The van der Waals surface area contributed by atoms with Crippen molar-refractivity contribution in [2.45, 2.75) is 6.92 Å². The van der Waals surface area contributed by atoms with Gasteiger partial charge in [0.2, 0.25) is 0 Å². The molecule has 0 N–H and O–H groups in total. The van der Waals surface area contributed by atoms with Crippen LogP contribution in [0.4, 0.5) is 0 Å². The van der Waals surface area contributed by atoms with Crippen molar-refractivity contribution in [3.63, 3.8) is 0 Å². The van der Waals surface area contributed by atoms with Gasteiger partial charge < -0.3 is 9.13 Å². The van der Waals surface area contributed by atoms with E-state index in [0.29, 0.717) is 21.5 Å². The second-order valence-electron chi connectivity index (χ2n) is 7.15. The molecule has 0 aliphatic heterocycles. The molecule has 5 aromatic rings. The van der Waals surface area contributed by atoms with E-state index < -0.39 is 0 Å². The smallest absolute Gasteiger partial charge is 0.197 e. The first-order chi connectivity index (χ1) is 13.0. The van der Waals surface area contributed by atoms with Gasteiger partial charge in [-0.2, -0.15) is 0 Å². The molecule has 0 aliphatic rings. The summed E-state index contributed by atoms with van der Waals surface area (Å²) in [6.07, 6.45) is 0. The average Bonchev–Trinajstić information content (AvgIpc) is 2.69. The summed E-state index contributed by atoms with van der Waals surface area (Å²) in [5.41, 5.74) is 4.37. The van der Waals surface area contributed by atoms with E-state index in [0.717, 1.165) is 27.6 Å². The number of nitrogens with zero attached hydrogens (tertiary/aromatic N) is 2. The van der Waals surface area contributed by atoms with Crippen molar-refractivity contribution in [2.24, 2.45) is 14.1 Å². The van der Waals surface area contributed by atoms with Gasteiger partial charge in [0.15, 0.2) is 10.9 Å². The van der Waals surface area contributed by atoms with Gasteiger partial charge in [-0.05, 0) is 42.8 Å². The first-order valence-electron chi connectivity index (χ1n) is 8.92. The first kappa shape index (κ1) is 15.8. The number of hydrogen-bond acceptors (Lipinski definition) is 2. The lowest BCUT2D eigenvalue weighted by Crippen LogP contribution is -2.13. The number of benzene rings is 3. The maximum Gasteiger partial charge on any atom is 0.197 e. The van der Waals surface area contributed by atoms with E-state index in [1.807, 2.05) is 84.8 Å². The first-order valence-corrected chi connectivity index (χ1v) is 8.92. The Kier molecular flexibility index (Phi) is 3.11. The molecular weight excluding hydrogens is 336 g/mol. The zero-order chi connectivity index (χ0) is 18.9. The van der Waals surface area contributed by atoms with Crippen LogP contribution in [0.1, 0.15) is 5.56 Å². The molecule has 0 aliphatic carbocycles. The van der Waals surface area contributed by atoms with Crippen LogP contribution >= 0.6 is 0 Å². The van der Waals surface area contributed by atoms with E-state index in [1.54, 1.807) is 0 Å². The maximum absolute atomic E-state index is 13.2. The van der Waals surface area contributed by atoms with Crippen LogP contribution in [0, 0.1) is 6.92 Å². The molecule has 0 saturated carbocycles. The van der Waals surface area contributed by atoms with Gasteiger partial charge in [-0.15, -0.1) is 0 Å². The average molecular weight is 354 g/mol. The predicted molar refractivity (Wildman–Crippen MR) is 112 cm³/mol. The fourth-order valence-electron chi connectivity index (χ4n) is 4.28. The highest BCUT2D eigenvalue weighted by Crippen LogP contribution is 2.25. The van der Waals surface area contributed by atoms with Crippen LogP contribution in [0.15, 0.2) is 64.2 Å².